The van der Waals surface area contributed by atoms with Crippen molar-refractivity contribution in [3.8, 4) is 6.07 Å². The van der Waals surface area contributed by atoms with E-state index in [4.69, 9.17) is 14.7 Å². The second-order valence-corrected chi connectivity index (χ2v) is 7.36. The molecule has 21 heavy (non-hydrogen) atoms. The van der Waals surface area contributed by atoms with E-state index < -0.39 is 28.8 Å². The number of ether oxygens (including phenoxy) is 2. The van der Waals surface area contributed by atoms with Gasteiger partial charge in [0.25, 0.3) is 0 Å². The van der Waals surface area contributed by atoms with Crippen molar-refractivity contribution < 1.29 is 19.1 Å². The number of hydrogen-bond donors (Lipinski definition) is 1. The summed E-state index contributed by atoms with van der Waals surface area (Å²) in [6.45, 7) is 10.5. The molecular weight excluding hydrogens is 272 g/mol. The van der Waals surface area contributed by atoms with Crippen molar-refractivity contribution in [2.75, 3.05) is 0 Å². The Morgan fingerprint density at radius 3 is 2.14 bits per heavy atom. The summed E-state index contributed by atoms with van der Waals surface area (Å²) in [6.07, 6.45) is -0.0853. The van der Waals surface area contributed by atoms with Gasteiger partial charge in [-0.1, -0.05) is 0 Å². The van der Waals surface area contributed by atoms with Crippen LogP contribution in [0.15, 0.2) is 0 Å². The minimum absolute atomic E-state index is 0.190. The second-order valence-electron chi connectivity index (χ2n) is 7.36. The lowest BCUT2D eigenvalue weighted by Crippen LogP contribution is -2.49. The average molecular weight is 296 g/mol. The van der Waals surface area contributed by atoms with E-state index in [1.54, 1.807) is 41.5 Å². The number of amides is 1. The normalized spacial score (nSPS) is 24.7. The minimum Gasteiger partial charge on any atom is -0.458 e. The lowest BCUT2D eigenvalue weighted by molar-refractivity contribution is -0.159. The van der Waals surface area contributed by atoms with E-state index in [1.165, 1.54) is 0 Å². The van der Waals surface area contributed by atoms with Crippen molar-refractivity contribution in [2.24, 2.45) is 5.92 Å². The van der Waals surface area contributed by atoms with Gasteiger partial charge in [0.15, 0.2) is 0 Å². The van der Waals surface area contributed by atoms with Crippen molar-refractivity contribution in [3.05, 3.63) is 0 Å². The maximum atomic E-state index is 12.3. The molecule has 0 bridgehead atoms. The highest BCUT2D eigenvalue weighted by Gasteiger charge is 2.63. The van der Waals surface area contributed by atoms with Crippen LogP contribution in [0.2, 0.25) is 0 Å². The van der Waals surface area contributed by atoms with Crippen LogP contribution in [-0.2, 0) is 14.3 Å². The molecule has 2 atom stereocenters. The Bertz CT molecular complexity index is 468. The maximum Gasteiger partial charge on any atom is 0.408 e. The average Bonchev–Trinajstić information content (AvgIpc) is 2.87. The Hall–Kier alpha value is -1.77. The minimum atomic E-state index is -1.13. The number of carbonyl (C=O) groups excluding carboxylic acids is 2. The lowest BCUT2D eigenvalue weighted by Gasteiger charge is -2.26. The molecule has 1 aliphatic rings. The van der Waals surface area contributed by atoms with Gasteiger partial charge in [-0.15, -0.1) is 0 Å². The van der Waals surface area contributed by atoms with Crippen molar-refractivity contribution in [2.45, 2.75) is 71.1 Å². The first-order valence-electron chi connectivity index (χ1n) is 7.01. The topological polar surface area (TPSA) is 88.4 Å². The zero-order valence-corrected chi connectivity index (χ0v) is 13.6. The van der Waals surface area contributed by atoms with Gasteiger partial charge in [0.1, 0.15) is 16.7 Å². The molecule has 0 spiro atoms. The van der Waals surface area contributed by atoms with Gasteiger partial charge in [0, 0.05) is 12.3 Å². The molecule has 1 fully saturated rings. The summed E-state index contributed by atoms with van der Waals surface area (Å²) < 4.78 is 10.5. The number of esters is 1. The zero-order valence-electron chi connectivity index (χ0n) is 13.6. The summed E-state index contributed by atoms with van der Waals surface area (Å²) in [5.74, 6) is -0.744. The van der Waals surface area contributed by atoms with Crippen molar-refractivity contribution in [1.29, 1.82) is 5.26 Å². The monoisotopic (exact) mass is 296 g/mol. The summed E-state index contributed by atoms with van der Waals surface area (Å²) in [4.78, 5) is 24.2. The summed E-state index contributed by atoms with van der Waals surface area (Å²) in [7, 11) is 0. The fourth-order valence-corrected chi connectivity index (χ4v) is 2.00. The van der Waals surface area contributed by atoms with Gasteiger partial charge in [-0.05, 0) is 48.0 Å². The van der Waals surface area contributed by atoms with Crippen LogP contribution in [0.1, 0.15) is 54.4 Å². The van der Waals surface area contributed by atoms with Gasteiger partial charge in [-0.25, -0.2) is 9.59 Å². The van der Waals surface area contributed by atoms with E-state index in [2.05, 4.69) is 5.32 Å². The van der Waals surface area contributed by atoms with Gasteiger partial charge in [0.05, 0.1) is 6.07 Å². The molecule has 1 rings (SSSR count). The van der Waals surface area contributed by atoms with Crippen molar-refractivity contribution in [1.82, 2.24) is 5.32 Å². The van der Waals surface area contributed by atoms with Gasteiger partial charge in [0.2, 0.25) is 0 Å². The maximum absolute atomic E-state index is 12.3. The Morgan fingerprint density at radius 1 is 1.19 bits per heavy atom. The number of carbonyl (C=O) groups is 2. The second kappa shape index (κ2) is 5.55. The number of nitriles is 1. The highest BCUT2D eigenvalue weighted by atomic mass is 16.6. The standard InChI is InChI=1S/C15H24N2O4/c1-13(2,3)20-11(18)15(9-10(15)7-8-16)17-12(19)21-14(4,5)6/h10H,7,9H2,1-6H3,(H,17,19)/t10-,15+/m0/s1. The first-order chi connectivity index (χ1) is 9.39. The Kier molecular flexibility index (Phi) is 4.57. The fourth-order valence-electron chi connectivity index (χ4n) is 2.00. The van der Waals surface area contributed by atoms with Crippen molar-refractivity contribution in [3.63, 3.8) is 0 Å². The predicted molar refractivity (Wildman–Crippen MR) is 76.3 cm³/mol. The fraction of sp³-hybridized carbons (Fsp3) is 0.800. The third-order valence-corrected chi connectivity index (χ3v) is 2.93. The molecule has 0 saturated heterocycles. The summed E-state index contributed by atoms with van der Waals surface area (Å²) in [5.41, 5.74) is -2.44. The van der Waals surface area contributed by atoms with E-state index >= 15 is 0 Å². The summed E-state index contributed by atoms with van der Waals surface area (Å²) >= 11 is 0. The molecule has 6 nitrogen and oxygen atoms in total. The Balaban J connectivity index is 2.80. The van der Waals surface area contributed by atoms with E-state index in [9.17, 15) is 9.59 Å². The molecule has 0 aromatic heterocycles. The molecule has 0 aromatic rings. The van der Waals surface area contributed by atoms with Crippen LogP contribution in [0.3, 0.4) is 0 Å². The third kappa shape index (κ3) is 4.92. The molecule has 6 heteroatoms. The van der Waals surface area contributed by atoms with Crippen LogP contribution in [0.4, 0.5) is 4.79 Å². The number of hydrogen-bond acceptors (Lipinski definition) is 5. The molecule has 0 unspecified atom stereocenters. The van der Waals surface area contributed by atoms with Crippen molar-refractivity contribution >= 4 is 12.1 Å². The zero-order chi connectivity index (χ0) is 16.5. The van der Waals surface area contributed by atoms with E-state index in [0.717, 1.165) is 0 Å². The number of nitrogens with one attached hydrogen (secondary N) is 1. The number of nitrogens with zero attached hydrogens (tertiary/aromatic N) is 1. The van der Waals surface area contributed by atoms with Gasteiger partial charge in [-0.3, -0.25) is 0 Å². The molecule has 0 aliphatic heterocycles. The van der Waals surface area contributed by atoms with E-state index in [1.807, 2.05) is 6.07 Å². The molecule has 118 valence electrons. The highest BCUT2D eigenvalue weighted by molar-refractivity contribution is 5.90. The lowest BCUT2D eigenvalue weighted by atomic mass is 10.1. The SMILES string of the molecule is CC(C)(C)OC(=O)N[C@]1(C(=O)OC(C)(C)C)C[C@@H]1CC#N. The largest absolute Gasteiger partial charge is 0.458 e. The molecular formula is C15H24N2O4. The van der Waals surface area contributed by atoms with Crippen LogP contribution in [0, 0.1) is 17.2 Å². The van der Waals surface area contributed by atoms with Crippen LogP contribution >= 0.6 is 0 Å². The van der Waals surface area contributed by atoms with E-state index in [-0.39, 0.29) is 12.3 Å². The Morgan fingerprint density at radius 2 is 1.71 bits per heavy atom. The smallest absolute Gasteiger partial charge is 0.408 e. The summed E-state index contributed by atoms with van der Waals surface area (Å²) in [5, 5.41) is 11.4. The molecule has 0 heterocycles. The molecule has 1 amide bonds. The molecule has 1 N–H and O–H groups in total. The molecule has 0 aromatic carbocycles. The van der Waals surface area contributed by atoms with Gasteiger partial charge >= 0.3 is 12.1 Å². The first-order valence-corrected chi connectivity index (χ1v) is 7.01. The number of alkyl carbamates (subject to hydrolysis) is 1. The van der Waals surface area contributed by atoms with Gasteiger partial charge < -0.3 is 14.8 Å². The van der Waals surface area contributed by atoms with Crippen LogP contribution in [0.5, 0.6) is 0 Å². The van der Waals surface area contributed by atoms with Gasteiger partial charge in [-0.2, -0.15) is 5.26 Å². The quantitative estimate of drug-likeness (QED) is 0.808. The molecule has 1 aliphatic carbocycles. The first kappa shape index (κ1) is 17.3. The number of rotatable bonds is 3. The third-order valence-electron chi connectivity index (χ3n) is 2.93. The molecule has 1 saturated carbocycles. The predicted octanol–water partition coefficient (Wildman–Crippen LogP) is 2.53. The van der Waals surface area contributed by atoms with Crippen LogP contribution in [-0.4, -0.2) is 28.8 Å². The highest BCUT2D eigenvalue weighted by Crippen LogP contribution is 2.47. The molecule has 0 radical (unpaired) electrons. The van der Waals surface area contributed by atoms with E-state index in [0.29, 0.717) is 6.42 Å². The Labute approximate surface area is 125 Å². The summed E-state index contributed by atoms with van der Waals surface area (Å²) in [6, 6.07) is 2.02. The van der Waals surface area contributed by atoms with Crippen LogP contribution < -0.4 is 5.32 Å². The van der Waals surface area contributed by atoms with Crippen LogP contribution in [0.25, 0.3) is 0 Å².